The number of cyclic esters (lactones) is 1. The Morgan fingerprint density at radius 3 is 2.42 bits per heavy atom. The summed E-state index contributed by atoms with van der Waals surface area (Å²) in [4.78, 5) is 20.6. The lowest BCUT2D eigenvalue weighted by molar-refractivity contribution is -0.151. The molecule has 1 saturated heterocycles. The van der Waals surface area contributed by atoms with Crippen molar-refractivity contribution in [2.45, 2.75) is 24.4 Å². The van der Waals surface area contributed by atoms with Crippen molar-refractivity contribution in [1.29, 1.82) is 0 Å². The van der Waals surface area contributed by atoms with Gasteiger partial charge in [0.05, 0.1) is 0 Å². The first-order valence-corrected chi connectivity index (χ1v) is 3.28. The highest BCUT2D eigenvalue weighted by Gasteiger charge is 2.46. The third-order valence-corrected chi connectivity index (χ3v) is 1.63. The minimum absolute atomic E-state index is 0.124. The number of carbonyl (C=O) groups excluding carboxylic acids is 2. The molecule has 1 heterocycles. The number of carbonyl (C=O) groups is 2. The highest BCUT2D eigenvalue weighted by molar-refractivity contribution is 5.78. The fraction of sp³-hybridized carbons (Fsp3) is 0.667. The van der Waals surface area contributed by atoms with Crippen LogP contribution >= 0.6 is 0 Å². The molecule has 0 aromatic rings. The van der Waals surface area contributed by atoms with Crippen molar-refractivity contribution in [3.8, 4) is 0 Å². The zero-order valence-corrected chi connectivity index (χ0v) is 5.95. The van der Waals surface area contributed by atoms with Gasteiger partial charge in [0.25, 0.3) is 0 Å². The number of aliphatic hydroxyl groups is 3. The first-order chi connectivity index (χ1) is 5.57. The molecule has 0 aromatic heterocycles. The number of rotatable bonds is 2. The molecule has 12 heavy (non-hydrogen) atoms. The molecular formula is C6H8O6. The molecule has 0 aliphatic carbocycles. The van der Waals surface area contributed by atoms with Crippen molar-refractivity contribution in [3.63, 3.8) is 0 Å². The molecule has 0 spiro atoms. The van der Waals surface area contributed by atoms with E-state index < -0.39 is 30.4 Å². The fourth-order valence-electron chi connectivity index (χ4n) is 0.942. The summed E-state index contributed by atoms with van der Waals surface area (Å²) in [5.74, 6) is -1.03. The highest BCUT2D eigenvalue weighted by Crippen LogP contribution is 2.17. The first-order valence-electron chi connectivity index (χ1n) is 3.28. The summed E-state index contributed by atoms with van der Waals surface area (Å²) in [6.45, 7) is 0. The zero-order valence-electron chi connectivity index (χ0n) is 5.95. The van der Waals surface area contributed by atoms with Crippen LogP contribution in [0.4, 0.5) is 0 Å². The molecular weight excluding hydrogens is 168 g/mol. The van der Waals surface area contributed by atoms with E-state index in [2.05, 4.69) is 4.74 Å². The Labute approximate surface area is 67.4 Å². The van der Waals surface area contributed by atoms with Crippen LogP contribution in [0.25, 0.3) is 0 Å². The van der Waals surface area contributed by atoms with E-state index in [0.29, 0.717) is 0 Å². The van der Waals surface area contributed by atoms with Crippen molar-refractivity contribution < 1.29 is 29.6 Å². The maximum absolute atomic E-state index is 10.6. The Hall–Kier alpha value is -0.980. The standard InChI is InChI=1S/C6H8O6/c7-1-2(8)5-3(9)4(10)6(11)12-5/h1-5,8-10H/t2-,3-,4-,5-/m1/s1. The van der Waals surface area contributed by atoms with E-state index in [0.717, 1.165) is 0 Å². The Balaban J connectivity index is 2.70. The number of aldehydes is 1. The molecule has 6 heteroatoms. The molecule has 1 fully saturated rings. The summed E-state index contributed by atoms with van der Waals surface area (Å²) in [6.07, 6.45) is -6.05. The molecule has 68 valence electrons. The van der Waals surface area contributed by atoms with Crippen molar-refractivity contribution >= 4 is 12.3 Å². The van der Waals surface area contributed by atoms with Crippen molar-refractivity contribution in [3.05, 3.63) is 0 Å². The predicted octanol–water partition coefficient (Wildman–Crippen LogP) is -2.81. The molecule has 1 rings (SSSR count). The number of hydrogen-bond donors (Lipinski definition) is 3. The topological polar surface area (TPSA) is 104 Å². The lowest BCUT2D eigenvalue weighted by atomic mass is 10.1. The molecule has 3 N–H and O–H groups in total. The lowest BCUT2D eigenvalue weighted by Gasteiger charge is -2.14. The van der Waals surface area contributed by atoms with Crippen LogP contribution in [0.5, 0.6) is 0 Å². The second kappa shape index (κ2) is 3.18. The molecule has 0 amide bonds. The summed E-state index contributed by atoms with van der Waals surface area (Å²) < 4.78 is 4.32. The van der Waals surface area contributed by atoms with Crippen LogP contribution in [0.3, 0.4) is 0 Å². The van der Waals surface area contributed by atoms with Crippen LogP contribution < -0.4 is 0 Å². The summed E-state index contributed by atoms with van der Waals surface area (Å²) in [5.41, 5.74) is 0. The normalized spacial score (nSPS) is 37.6. The third-order valence-electron chi connectivity index (χ3n) is 1.63. The number of aliphatic hydroxyl groups excluding tert-OH is 3. The summed E-state index contributed by atoms with van der Waals surface area (Å²) >= 11 is 0. The van der Waals surface area contributed by atoms with Gasteiger partial charge in [-0.25, -0.2) is 4.79 Å². The number of hydrogen-bond acceptors (Lipinski definition) is 6. The average molecular weight is 176 g/mol. The second-order valence-corrected chi connectivity index (χ2v) is 2.46. The molecule has 0 unspecified atom stereocenters. The molecule has 1 aliphatic heterocycles. The molecule has 0 saturated carbocycles. The van der Waals surface area contributed by atoms with Crippen LogP contribution in [0.15, 0.2) is 0 Å². The van der Waals surface area contributed by atoms with E-state index in [1.807, 2.05) is 0 Å². The van der Waals surface area contributed by atoms with Gasteiger partial charge in [-0.3, -0.25) is 0 Å². The maximum Gasteiger partial charge on any atom is 0.338 e. The highest BCUT2D eigenvalue weighted by atomic mass is 16.6. The van der Waals surface area contributed by atoms with Gasteiger partial charge in [-0.15, -0.1) is 0 Å². The van der Waals surface area contributed by atoms with Gasteiger partial charge in [0.1, 0.15) is 12.2 Å². The minimum Gasteiger partial charge on any atom is -0.454 e. The maximum atomic E-state index is 10.6. The van der Waals surface area contributed by atoms with E-state index in [1.54, 1.807) is 0 Å². The van der Waals surface area contributed by atoms with Gasteiger partial charge in [0.2, 0.25) is 0 Å². The van der Waals surface area contributed by atoms with Crippen molar-refractivity contribution in [1.82, 2.24) is 0 Å². The fourth-order valence-corrected chi connectivity index (χ4v) is 0.942. The average Bonchev–Trinajstić information content (AvgIpc) is 2.32. The molecule has 6 nitrogen and oxygen atoms in total. The van der Waals surface area contributed by atoms with Crippen LogP contribution in [-0.4, -0.2) is 52.0 Å². The van der Waals surface area contributed by atoms with E-state index >= 15 is 0 Å². The van der Waals surface area contributed by atoms with E-state index in [4.69, 9.17) is 15.3 Å². The second-order valence-electron chi connectivity index (χ2n) is 2.46. The van der Waals surface area contributed by atoms with Crippen LogP contribution in [0.2, 0.25) is 0 Å². The summed E-state index contributed by atoms with van der Waals surface area (Å²) in [6, 6.07) is 0. The SMILES string of the molecule is O=C[C@@H](O)[C@H]1OC(=O)[C@H](O)[C@H]1O. The Morgan fingerprint density at radius 1 is 1.50 bits per heavy atom. The largest absolute Gasteiger partial charge is 0.454 e. The monoisotopic (exact) mass is 176 g/mol. The zero-order chi connectivity index (χ0) is 9.30. The van der Waals surface area contributed by atoms with Gasteiger partial charge in [-0.2, -0.15) is 0 Å². The van der Waals surface area contributed by atoms with E-state index in [-0.39, 0.29) is 6.29 Å². The smallest absolute Gasteiger partial charge is 0.338 e. The van der Waals surface area contributed by atoms with Crippen LogP contribution in [-0.2, 0) is 14.3 Å². The predicted molar refractivity (Wildman–Crippen MR) is 34.0 cm³/mol. The summed E-state index contributed by atoms with van der Waals surface area (Å²) in [5, 5.41) is 26.7. The van der Waals surface area contributed by atoms with Gasteiger partial charge in [-0.05, 0) is 0 Å². The van der Waals surface area contributed by atoms with Crippen molar-refractivity contribution in [2.75, 3.05) is 0 Å². The third kappa shape index (κ3) is 1.31. The first kappa shape index (κ1) is 9.11. The van der Waals surface area contributed by atoms with Gasteiger partial charge >= 0.3 is 5.97 Å². The number of ether oxygens (including phenoxy) is 1. The Kier molecular flexibility index (Phi) is 2.41. The van der Waals surface area contributed by atoms with Gasteiger partial charge in [0.15, 0.2) is 18.5 Å². The van der Waals surface area contributed by atoms with Gasteiger partial charge < -0.3 is 24.9 Å². The lowest BCUT2D eigenvalue weighted by Crippen LogP contribution is -2.39. The Morgan fingerprint density at radius 2 is 2.08 bits per heavy atom. The molecule has 4 atom stereocenters. The van der Waals surface area contributed by atoms with Crippen LogP contribution in [0, 0.1) is 0 Å². The van der Waals surface area contributed by atoms with Gasteiger partial charge in [0, 0.05) is 0 Å². The molecule has 0 aromatic carbocycles. The summed E-state index contributed by atoms with van der Waals surface area (Å²) in [7, 11) is 0. The quantitative estimate of drug-likeness (QED) is 0.310. The molecule has 1 aliphatic rings. The van der Waals surface area contributed by atoms with Crippen molar-refractivity contribution in [2.24, 2.45) is 0 Å². The molecule has 0 bridgehead atoms. The van der Waals surface area contributed by atoms with E-state index in [1.165, 1.54) is 0 Å². The molecule has 0 radical (unpaired) electrons. The number of esters is 1. The van der Waals surface area contributed by atoms with E-state index in [9.17, 15) is 9.59 Å². The van der Waals surface area contributed by atoms with Crippen LogP contribution in [0.1, 0.15) is 0 Å². The minimum atomic E-state index is -1.68. The van der Waals surface area contributed by atoms with Gasteiger partial charge in [-0.1, -0.05) is 0 Å². The Bertz CT molecular complexity index is 202.